The number of rotatable bonds is 7. The number of amides is 1. The van der Waals surface area contributed by atoms with Crippen molar-refractivity contribution < 1.29 is 32.4 Å². The van der Waals surface area contributed by atoms with Gasteiger partial charge in [-0.3, -0.25) is 19.4 Å². The van der Waals surface area contributed by atoms with Crippen molar-refractivity contribution in [3.05, 3.63) is 75.6 Å². The molecular formula is C26H31F3N5O4+. The summed E-state index contributed by atoms with van der Waals surface area (Å²) >= 11 is 0. The maximum Gasteiger partial charge on any atom is 0.416 e. The maximum absolute atomic E-state index is 13.1. The summed E-state index contributed by atoms with van der Waals surface area (Å²) < 4.78 is 52.5. The molecule has 0 aliphatic carbocycles. The van der Waals surface area contributed by atoms with Crippen LogP contribution >= 0.6 is 0 Å². The number of ether oxygens (including phenoxy) is 2. The van der Waals surface area contributed by atoms with Crippen LogP contribution in [-0.4, -0.2) is 71.8 Å². The second-order valence-electron chi connectivity index (χ2n) is 9.85. The SMILES string of the molecule is O=C(CN1CCn2c(cc(C(F)(F)F)cc2=O)C1)NC=C1CN(C2CCOC2)C[C@@H]1OCc1cccc[nH+]1. The lowest BCUT2D eigenvalue weighted by molar-refractivity contribution is -0.396. The summed E-state index contributed by atoms with van der Waals surface area (Å²) in [6.45, 7) is 3.85. The Morgan fingerprint density at radius 2 is 2.11 bits per heavy atom. The van der Waals surface area contributed by atoms with Gasteiger partial charge in [0.2, 0.25) is 11.6 Å². The molecule has 2 aromatic rings. The van der Waals surface area contributed by atoms with Crippen LogP contribution in [0.3, 0.4) is 0 Å². The van der Waals surface area contributed by atoms with Crippen molar-refractivity contribution in [1.82, 2.24) is 19.7 Å². The van der Waals surface area contributed by atoms with Crippen molar-refractivity contribution in [2.24, 2.45) is 0 Å². The second-order valence-corrected chi connectivity index (χ2v) is 9.85. The predicted molar refractivity (Wildman–Crippen MR) is 130 cm³/mol. The van der Waals surface area contributed by atoms with Gasteiger partial charge in [0.05, 0.1) is 24.8 Å². The molecule has 0 aromatic carbocycles. The van der Waals surface area contributed by atoms with Crippen LogP contribution in [0, 0.1) is 0 Å². The summed E-state index contributed by atoms with van der Waals surface area (Å²) in [4.78, 5) is 32.1. The van der Waals surface area contributed by atoms with Crippen LogP contribution in [0.5, 0.6) is 0 Å². The lowest BCUT2D eigenvalue weighted by Gasteiger charge is -2.29. The van der Waals surface area contributed by atoms with Gasteiger partial charge in [-0.15, -0.1) is 0 Å². The van der Waals surface area contributed by atoms with Gasteiger partial charge in [-0.25, -0.2) is 4.98 Å². The highest BCUT2D eigenvalue weighted by Crippen LogP contribution is 2.29. The number of likely N-dealkylation sites (tertiary alicyclic amines) is 1. The zero-order valence-electron chi connectivity index (χ0n) is 20.9. The van der Waals surface area contributed by atoms with Gasteiger partial charge in [0, 0.05) is 75.5 Å². The fourth-order valence-corrected chi connectivity index (χ4v) is 5.13. The molecule has 5 heterocycles. The zero-order chi connectivity index (χ0) is 26.7. The average Bonchev–Trinajstić information content (AvgIpc) is 3.56. The number of halogens is 3. The number of carbonyl (C=O) groups excluding carboxylic acids is 1. The Hall–Kier alpha value is -3.06. The van der Waals surface area contributed by atoms with Crippen molar-refractivity contribution >= 4 is 5.91 Å². The van der Waals surface area contributed by atoms with Crippen LogP contribution < -0.4 is 15.9 Å². The van der Waals surface area contributed by atoms with Crippen LogP contribution in [0.1, 0.15) is 23.4 Å². The lowest BCUT2D eigenvalue weighted by atomic mass is 10.1. The van der Waals surface area contributed by atoms with Crippen LogP contribution in [0.15, 0.2) is 53.1 Å². The largest absolute Gasteiger partial charge is 0.416 e. The van der Waals surface area contributed by atoms with Crippen molar-refractivity contribution in [1.29, 1.82) is 0 Å². The third-order valence-electron chi connectivity index (χ3n) is 7.19. The Morgan fingerprint density at radius 3 is 2.84 bits per heavy atom. The molecular weight excluding hydrogens is 503 g/mol. The number of pyridine rings is 2. The Balaban J connectivity index is 1.21. The van der Waals surface area contributed by atoms with Gasteiger partial charge in [0.25, 0.3) is 5.56 Å². The summed E-state index contributed by atoms with van der Waals surface area (Å²) in [7, 11) is 0. The number of hydrogen-bond donors (Lipinski definition) is 1. The molecule has 3 aliphatic heterocycles. The number of nitrogens with zero attached hydrogens (tertiary/aromatic N) is 3. The van der Waals surface area contributed by atoms with E-state index in [9.17, 15) is 22.8 Å². The van der Waals surface area contributed by atoms with Crippen molar-refractivity contribution in [2.45, 2.75) is 44.4 Å². The summed E-state index contributed by atoms with van der Waals surface area (Å²) in [5, 5.41) is 2.85. The van der Waals surface area contributed by atoms with Gasteiger partial charge in [-0.2, -0.15) is 13.2 Å². The van der Waals surface area contributed by atoms with Gasteiger partial charge in [0.15, 0.2) is 6.20 Å². The van der Waals surface area contributed by atoms with E-state index in [1.165, 1.54) is 4.57 Å². The molecule has 5 rings (SSSR count). The van der Waals surface area contributed by atoms with Crippen molar-refractivity contribution in [3.63, 3.8) is 0 Å². The minimum Gasteiger partial charge on any atom is -0.380 e. The number of carbonyl (C=O) groups is 1. The van der Waals surface area contributed by atoms with Gasteiger partial charge >= 0.3 is 6.18 Å². The summed E-state index contributed by atoms with van der Waals surface area (Å²) in [6, 6.07) is 7.70. The van der Waals surface area contributed by atoms with Gasteiger partial charge < -0.3 is 19.4 Å². The van der Waals surface area contributed by atoms with E-state index in [2.05, 4.69) is 15.2 Å². The fourth-order valence-electron chi connectivity index (χ4n) is 5.13. The van der Waals surface area contributed by atoms with Crippen LogP contribution in [-0.2, 0) is 40.1 Å². The molecule has 2 saturated heterocycles. The minimum absolute atomic E-state index is 0.00110. The Morgan fingerprint density at radius 1 is 1.24 bits per heavy atom. The van der Waals surface area contributed by atoms with E-state index < -0.39 is 17.3 Å². The molecule has 38 heavy (non-hydrogen) atoms. The van der Waals surface area contributed by atoms with E-state index in [0.717, 1.165) is 30.4 Å². The molecule has 0 bridgehead atoms. The highest BCUT2D eigenvalue weighted by atomic mass is 19.4. The molecule has 1 amide bonds. The molecule has 204 valence electrons. The predicted octanol–water partition coefficient (Wildman–Crippen LogP) is 1.19. The minimum atomic E-state index is -4.60. The monoisotopic (exact) mass is 534 g/mol. The van der Waals surface area contributed by atoms with Gasteiger partial charge in [0.1, 0.15) is 6.61 Å². The fraction of sp³-hybridized carbons (Fsp3) is 0.500. The van der Waals surface area contributed by atoms with E-state index >= 15 is 0 Å². The zero-order valence-corrected chi connectivity index (χ0v) is 20.9. The van der Waals surface area contributed by atoms with Crippen LogP contribution in [0.4, 0.5) is 13.2 Å². The summed E-state index contributed by atoms with van der Waals surface area (Å²) in [6.07, 6.45) is -0.307. The van der Waals surface area contributed by atoms with Crippen LogP contribution in [0.25, 0.3) is 0 Å². The Labute approximate surface area is 217 Å². The molecule has 12 heteroatoms. The van der Waals surface area contributed by atoms with E-state index in [0.29, 0.717) is 45.0 Å². The molecule has 0 radical (unpaired) electrons. The number of alkyl halides is 3. The first-order valence-electron chi connectivity index (χ1n) is 12.7. The number of aromatic amines is 1. The Bertz CT molecular complexity index is 1230. The number of hydrogen-bond acceptors (Lipinski definition) is 6. The van der Waals surface area contributed by atoms with E-state index in [1.807, 2.05) is 24.4 Å². The van der Waals surface area contributed by atoms with Crippen molar-refractivity contribution in [3.8, 4) is 0 Å². The smallest absolute Gasteiger partial charge is 0.380 e. The third kappa shape index (κ3) is 6.32. The van der Waals surface area contributed by atoms with Crippen molar-refractivity contribution in [2.75, 3.05) is 39.4 Å². The number of fused-ring (bicyclic) bond motifs is 1. The lowest BCUT2D eigenvalue weighted by Crippen LogP contribution is -2.43. The standard InChI is InChI=1S/C26H30F3N5O4/c27-26(28,29)19-9-22-13-32(6-7-34(22)25(36)10-19)15-24(35)31-11-18-12-33(21-4-8-37-17-21)14-23(18)38-16-20-3-1-2-5-30-20/h1-3,5,9-11,21,23H,4,6-8,12-17H2,(H,31,35)/p+1/t21?,23-/m0/s1. The third-order valence-corrected chi connectivity index (χ3v) is 7.19. The second kappa shape index (κ2) is 11.4. The molecule has 2 atom stereocenters. The van der Waals surface area contributed by atoms with E-state index in [4.69, 9.17) is 9.47 Å². The molecule has 0 saturated carbocycles. The number of H-pyrrole nitrogens is 1. The normalized spacial score (nSPS) is 23.6. The molecule has 2 aromatic heterocycles. The molecule has 3 aliphatic rings. The van der Waals surface area contributed by atoms with Gasteiger partial charge in [-0.05, 0) is 18.1 Å². The first-order valence-corrected chi connectivity index (χ1v) is 12.7. The van der Waals surface area contributed by atoms with Crippen LogP contribution in [0.2, 0.25) is 0 Å². The first-order chi connectivity index (χ1) is 18.3. The molecule has 0 spiro atoms. The summed E-state index contributed by atoms with van der Waals surface area (Å²) in [5.41, 5.74) is 0.491. The molecule has 2 N–H and O–H groups in total. The molecule has 2 fully saturated rings. The Kier molecular flexibility index (Phi) is 7.93. The van der Waals surface area contributed by atoms with E-state index in [-0.39, 0.29) is 37.3 Å². The number of aromatic nitrogens is 2. The highest BCUT2D eigenvalue weighted by Gasteiger charge is 2.35. The highest BCUT2D eigenvalue weighted by molar-refractivity contribution is 5.79. The molecule has 1 unspecified atom stereocenters. The first kappa shape index (κ1) is 26.5. The molecule has 9 nitrogen and oxygen atoms in total. The average molecular weight is 535 g/mol. The maximum atomic E-state index is 13.1. The van der Waals surface area contributed by atoms with Gasteiger partial charge in [-0.1, -0.05) is 6.07 Å². The topological polar surface area (TPSA) is 90.2 Å². The number of nitrogens with one attached hydrogen (secondary N) is 2. The summed E-state index contributed by atoms with van der Waals surface area (Å²) in [5.74, 6) is -0.280. The quantitative estimate of drug-likeness (QED) is 0.574. The van der Waals surface area contributed by atoms with E-state index in [1.54, 1.807) is 11.1 Å².